The summed E-state index contributed by atoms with van der Waals surface area (Å²) in [6.45, 7) is 4.39. The summed E-state index contributed by atoms with van der Waals surface area (Å²) in [6.07, 6.45) is 0. The van der Waals surface area contributed by atoms with E-state index in [0.29, 0.717) is 22.2 Å². The number of nitrogens with zero attached hydrogens (tertiary/aromatic N) is 2. The van der Waals surface area contributed by atoms with Gasteiger partial charge in [0.15, 0.2) is 0 Å². The molecule has 0 aliphatic heterocycles. The minimum atomic E-state index is -0.145. The van der Waals surface area contributed by atoms with E-state index in [1.165, 1.54) is 0 Å². The molecule has 0 fully saturated rings. The number of amides is 1. The van der Waals surface area contributed by atoms with Crippen molar-refractivity contribution in [3.63, 3.8) is 0 Å². The lowest BCUT2D eigenvalue weighted by Gasteiger charge is -2.27. The monoisotopic (exact) mass is 450 g/mol. The molecule has 0 radical (unpaired) electrons. The fourth-order valence-corrected chi connectivity index (χ4v) is 3.38. The minimum absolute atomic E-state index is 0.145. The van der Waals surface area contributed by atoms with Gasteiger partial charge in [-0.15, -0.1) is 0 Å². The molecule has 3 rings (SSSR count). The standard InChI is InChI=1S/C20H17BrCl2N2O/c1-13-3-4-14(2)25(13)24(12-15-5-8-17(21)9-6-15)20(26)16-7-10-18(22)19(23)11-16/h3-11H,12H2,1-2H3. The second-order valence-electron chi connectivity index (χ2n) is 6.05. The van der Waals surface area contributed by atoms with Crippen molar-refractivity contribution < 1.29 is 4.79 Å². The van der Waals surface area contributed by atoms with Crippen LogP contribution in [-0.4, -0.2) is 10.6 Å². The Morgan fingerprint density at radius 1 is 0.962 bits per heavy atom. The predicted octanol–water partition coefficient (Wildman–Crippen LogP) is 6.15. The van der Waals surface area contributed by atoms with Crippen molar-refractivity contribution in [2.24, 2.45) is 0 Å². The van der Waals surface area contributed by atoms with Crippen LogP contribution >= 0.6 is 39.1 Å². The quantitative estimate of drug-likeness (QED) is 0.466. The SMILES string of the molecule is Cc1ccc(C)n1N(Cc1ccc(Br)cc1)C(=O)c1ccc(Cl)c(Cl)c1. The van der Waals surface area contributed by atoms with Gasteiger partial charge >= 0.3 is 0 Å². The number of halogens is 3. The molecule has 26 heavy (non-hydrogen) atoms. The zero-order valence-electron chi connectivity index (χ0n) is 14.3. The third-order valence-electron chi connectivity index (χ3n) is 4.12. The zero-order valence-corrected chi connectivity index (χ0v) is 17.4. The Bertz CT molecular complexity index is 931. The molecule has 2 aromatic carbocycles. The Morgan fingerprint density at radius 3 is 2.15 bits per heavy atom. The van der Waals surface area contributed by atoms with Gasteiger partial charge in [-0.05, 0) is 61.9 Å². The summed E-state index contributed by atoms with van der Waals surface area (Å²) in [5.74, 6) is -0.145. The van der Waals surface area contributed by atoms with Gasteiger partial charge in [0.05, 0.1) is 16.6 Å². The Labute approximate surface area is 171 Å². The van der Waals surface area contributed by atoms with Gasteiger partial charge in [-0.2, -0.15) is 0 Å². The van der Waals surface area contributed by atoms with Crippen LogP contribution in [0.15, 0.2) is 59.1 Å². The van der Waals surface area contributed by atoms with Crippen LogP contribution in [0.3, 0.4) is 0 Å². The third kappa shape index (κ3) is 3.98. The van der Waals surface area contributed by atoms with Crippen LogP contribution in [0.2, 0.25) is 10.0 Å². The fraction of sp³-hybridized carbons (Fsp3) is 0.150. The van der Waals surface area contributed by atoms with Gasteiger partial charge in [-0.3, -0.25) is 9.47 Å². The molecule has 1 aromatic heterocycles. The van der Waals surface area contributed by atoms with Gasteiger partial charge in [0.25, 0.3) is 5.91 Å². The summed E-state index contributed by atoms with van der Waals surface area (Å²) in [7, 11) is 0. The maximum atomic E-state index is 13.3. The van der Waals surface area contributed by atoms with Crippen molar-refractivity contribution in [2.75, 3.05) is 5.01 Å². The van der Waals surface area contributed by atoms with E-state index >= 15 is 0 Å². The number of carbonyl (C=O) groups is 1. The third-order valence-corrected chi connectivity index (χ3v) is 5.39. The molecule has 134 valence electrons. The smallest absolute Gasteiger partial charge is 0.267 e. The average molecular weight is 452 g/mol. The summed E-state index contributed by atoms with van der Waals surface area (Å²) >= 11 is 15.5. The Kier molecular flexibility index (Phi) is 5.76. The van der Waals surface area contributed by atoms with Crippen molar-refractivity contribution in [3.05, 3.63) is 91.6 Å². The van der Waals surface area contributed by atoms with Crippen LogP contribution in [0.5, 0.6) is 0 Å². The molecule has 0 saturated carbocycles. The number of rotatable bonds is 4. The number of aryl methyl sites for hydroxylation is 2. The number of hydrogen-bond donors (Lipinski definition) is 0. The summed E-state index contributed by atoms with van der Waals surface area (Å²) in [5.41, 5.74) is 3.47. The Balaban J connectivity index is 2.03. The van der Waals surface area contributed by atoms with E-state index in [0.717, 1.165) is 21.4 Å². The van der Waals surface area contributed by atoms with Crippen molar-refractivity contribution in [1.29, 1.82) is 0 Å². The average Bonchev–Trinajstić information content (AvgIpc) is 2.95. The first-order valence-electron chi connectivity index (χ1n) is 8.03. The highest BCUT2D eigenvalue weighted by Crippen LogP contribution is 2.24. The first-order valence-corrected chi connectivity index (χ1v) is 9.58. The molecule has 0 unspecified atom stereocenters. The Hall–Kier alpha value is -1.75. The summed E-state index contributed by atoms with van der Waals surface area (Å²) in [4.78, 5) is 13.3. The Morgan fingerprint density at radius 2 is 1.58 bits per heavy atom. The van der Waals surface area contributed by atoms with Crippen molar-refractivity contribution in [2.45, 2.75) is 20.4 Å². The summed E-state index contributed by atoms with van der Waals surface area (Å²) in [6, 6.07) is 16.8. The normalized spacial score (nSPS) is 10.8. The molecule has 0 spiro atoms. The molecule has 1 heterocycles. The fourth-order valence-electron chi connectivity index (χ4n) is 2.82. The molecule has 0 aliphatic carbocycles. The molecule has 3 nitrogen and oxygen atoms in total. The molecule has 1 amide bonds. The number of hydrogen-bond acceptors (Lipinski definition) is 1. The van der Waals surface area contributed by atoms with E-state index in [4.69, 9.17) is 23.2 Å². The van der Waals surface area contributed by atoms with Gasteiger partial charge < -0.3 is 0 Å². The highest BCUT2D eigenvalue weighted by Gasteiger charge is 2.21. The van der Waals surface area contributed by atoms with E-state index in [2.05, 4.69) is 15.9 Å². The maximum absolute atomic E-state index is 13.3. The van der Waals surface area contributed by atoms with E-state index in [-0.39, 0.29) is 5.91 Å². The van der Waals surface area contributed by atoms with Gasteiger partial charge in [-0.25, -0.2) is 5.01 Å². The predicted molar refractivity (Wildman–Crippen MR) is 111 cm³/mol. The molecule has 0 aliphatic rings. The largest absolute Gasteiger partial charge is 0.273 e. The van der Waals surface area contributed by atoms with E-state index in [1.807, 2.05) is 54.9 Å². The molecular formula is C20H17BrCl2N2O. The number of carbonyl (C=O) groups excluding carboxylic acids is 1. The molecule has 3 aromatic rings. The first-order chi connectivity index (χ1) is 12.4. The molecule has 0 bridgehead atoms. The highest BCUT2D eigenvalue weighted by molar-refractivity contribution is 9.10. The topological polar surface area (TPSA) is 25.2 Å². The van der Waals surface area contributed by atoms with Crippen LogP contribution in [-0.2, 0) is 6.54 Å². The van der Waals surface area contributed by atoms with Gasteiger partial charge in [0.1, 0.15) is 0 Å². The minimum Gasteiger partial charge on any atom is -0.267 e. The summed E-state index contributed by atoms with van der Waals surface area (Å²) in [5, 5.41) is 2.51. The van der Waals surface area contributed by atoms with Crippen LogP contribution in [0.4, 0.5) is 0 Å². The second-order valence-corrected chi connectivity index (χ2v) is 7.78. The van der Waals surface area contributed by atoms with Gasteiger partial charge in [-0.1, -0.05) is 51.3 Å². The lowest BCUT2D eigenvalue weighted by Crippen LogP contribution is -2.41. The molecular weight excluding hydrogens is 435 g/mol. The van der Waals surface area contributed by atoms with Crippen molar-refractivity contribution in [3.8, 4) is 0 Å². The van der Waals surface area contributed by atoms with Gasteiger partial charge in [0, 0.05) is 21.4 Å². The van der Waals surface area contributed by atoms with Crippen LogP contribution in [0.25, 0.3) is 0 Å². The van der Waals surface area contributed by atoms with E-state index < -0.39 is 0 Å². The van der Waals surface area contributed by atoms with Crippen LogP contribution < -0.4 is 5.01 Å². The maximum Gasteiger partial charge on any atom is 0.273 e. The molecule has 0 N–H and O–H groups in total. The molecule has 0 saturated heterocycles. The number of aromatic nitrogens is 1. The van der Waals surface area contributed by atoms with Crippen LogP contribution in [0, 0.1) is 13.8 Å². The van der Waals surface area contributed by atoms with Crippen LogP contribution in [0.1, 0.15) is 27.3 Å². The highest BCUT2D eigenvalue weighted by atomic mass is 79.9. The second kappa shape index (κ2) is 7.87. The van der Waals surface area contributed by atoms with E-state index in [9.17, 15) is 4.79 Å². The van der Waals surface area contributed by atoms with Crippen molar-refractivity contribution >= 4 is 45.0 Å². The zero-order chi connectivity index (χ0) is 18.8. The lowest BCUT2D eigenvalue weighted by atomic mass is 10.2. The molecule has 0 atom stereocenters. The lowest BCUT2D eigenvalue weighted by molar-refractivity contribution is 0.0954. The van der Waals surface area contributed by atoms with Gasteiger partial charge in [0.2, 0.25) is 0 Å². The molecule has 6 heteroatoms. The van der Waals surface area contributed by atoms with Crippen molar-refractivity contribution in [1.82, 2.24) is 4.68 Å². The first kappa shape index (κ1) is 19.0. The van der Waals surface area contributed by atoms with E-state index in [1.54, 1.807) is 23.2 Å². The number of benzene rings is 2. The summed E-state index contributed by atoms with van der Waals surface area (Å²) < 4.78 is 2.92.